The van der Waals surface area contributed by atoms with Crippen LogP contribution in [0.25, 0.3) is 0 Å². The summed E-state index contributed by atoms with van der Waals surface area (Å²) in [6, 6.07) is 12.2. The minimum Gasteiger partial charge on any atom is -0.493 e. The Morgan fingerprint density at radius 2 is 1.97 bits per heavy atom. The number of hydrogen-bond donors (Lipinski definition) is 2. The molecule has 2 aromatic carbocycles. The van der Waals surface area contributed by atoms with Crippen molar-refractivity contribution in [1.82, 2.24) is 4.90 Å². The van der Waals surface area contributed by atoms with Crippen molar-refractivity contribution in [2.45, 2.75) is 69.9 Å². The quantitative estimate of drug-likeness (QED) is 0.541. The van der Waals surface area contributed by atoms with Gasteiger partial charge in [0.15, 0.2) is 11.5 Å². The third kappa shape index (κ3) is 5.83. The van der Waals surface area contributed by atoms with Gasteiger partial charge >= 0.3 is 0 Å². The predicted molar refractivity (Wildman–Crippen MR) is 146 cm³/mol. The summed E-state index contributed by atoms with van der Waals surface area (Å²) in [5.41, 5.74) is 4.80. The van der Waals surface area contributed by atoms with E-state index in [4.69, 9.17) is 14.5 Å². The molecule has 2 fully saturated rings. The molecule has 5 rings (SSSR count). The van der Waals surface area contributed by atoms with Crippen LogP contribution in [0.4, 0.5) is 5.69 Å². The molecule has 1 saturated carbocycles. The summed E-state index contributed by atoms with van der Waals surface area (Å²) in [5.74, 6) is 1.58. The average molecular weight is 506 g/mol. The number of methoxy groups -OCH3 is 1. The number of carbonyl (C=O) groups excluding carboxylic acids is 1. The number of aliphatic hydroxyl groups is 1. The predicted octanol–water partition coefficient (Wildman–Crippen LogP) is 4.76. The maximum Gasteiger partial charge on any atom is 0.225 e. The van der Waals surface area contributed by atoms with Gasteiger partial charge in [-0.3, -0.25) is 9.79 Å². The van der Waals surface area contributed by atoms with Crippen molar-refractivity contribution in [3.05, 3.63) is 53.1 Å². The lowest BCUT2D eigenvalue weighted by Gasteiger charge is -2.37. The number of benzene rings is 2. The summed E-state index contributed by atoms with van der Waals surface area (Å²) in [6.07, 6.45) is 6.23. The summed E-state index contributed by atoms with van der Waals surface area (Å²) in [6.45, 7) is 5.51. The molecular formula is C30H39N3O4. The molecule has 0 radical (unpaired) electrons. The van der Waals surface area contributed by atoms with Crippen LogP contribution in [0.5, 0.6) is 11.5 Å². The Morgan fingerprint density at radius 3 is 2.76 bits per heavy atom. The number of aliphatic hydroxyl groups excluding tert-OH is 1. The van der Waals surface area contributed by atoms with Gasteiger partial charge in [-0.05, 0) is 81.9 Å². The van der Waals surface area contributed by atoms with Crippen molar-refractivity contribution in [1.29, 1.82) is 0 Å². The zero-order valence-electron chi connectivity index (χ0n) is 22.0. The number of anilines is 1. The number of nitrogens with one attached hydrogen (secondary N) is 1. The Bertz CT molecular complexity index is 1140. The number of rotatable bonds is 8. The van der Waals surface area contributed by atoms with Crippen LogP contribution < -0.4 is 14.8 Å². The summed E-state index contributed by atoms with van der Waals surface area (Å²) < 4.78 is 11.6. The van der Waals surface area contributed by atoms with Crippen LogP contribution in [0.2, 0.25) is 0 Å². The number of amides is 1. The van der Waals surface area contributed by atoms with Gasteiger partial charge in [0.1, 0.15) is 0 Å². The fourth-order valence-corrected chi connectivity index (χ4v) is 6.01. The van der Waals surface area contributed by atoms with Crippen molar-refractivity contribution in [3.63, 3.8) is 0 Å². The fourth-order valence-electron chi connectivity index (χ4n) is 6.01. The zero-order valence-corrected chi connectivity index (χ0v) is 22.0. The second-order valence-electron chi connectivity index (χ2n) is 10.4. The van der Waals surface area contributed by atoms with E-state index in [1.807, 2.05) is 37.3 Å². The highest BCUT2D eigenvalue weighted by Gasteiger charge is 2.37. The number of nitrogens with zero attached hydrogens (tertiary/aromatic N) is 2. The smallest absolute Gasteiger partial charge is 0.225 e. The lowest BCUT2D eigenvalue weighted by atomic mass is 9.74. The van der Waals surface area contributed by atoms with E-state index in [0.29, 0.717) is 25.2 Å². The molecule has 1 aliphatic carbocycles. The van der Waals surface area contributed by atoms with Crippen molar-refractivity contribution in [2.24, 2.45) is 4.99 Å². The van der Waals surface area contributed by atoms with Crippen molar-refractivity contribution < 1.29 is 19.4 Å². The standard InChI is InChI=1S/C30H39N3O4/c1-3-37-28-18-23-24-17-22(34)10-11-26(24)32-30(25(23)19-27(28)36-2)20-8-7-9-21(16-20)31-29(35)12-15-33-13-5-4-6-14-33/h7-9,16,18-19,22,24,26,34H,3-6,10-15,17H2,1-2H3,(H,31,35). The first-order valence-electron chi connectivity index (χ1n) is 13.8. The third-order valence-electron chi connectivity index (χ3n) is 7.89. The highest BCUT2D eigenvalue weighted by molar-refractivity contribution is 6.15. The van der Waals surface area contributed by atoms with E-state index in [1.165, 1.54) is 19.3 Å². The molecule has 7 heteroatoms. The molecule has 0 bridgehead atoms. The van der Waals surface area contributed by atoms with Crippen molar-refractivity contribution in [3.8, 4) is 11.5 Å². The first-order valence-corrected chi connectivity index (χ1v) is 13.8. The van der Waals surface area contributed by atoms with Gasteiger partial charge in [0.25, 0.3) is 0 Å². The van der Waals surface area contributed by atoms with Crippen molar-refractivity contribution in [2.75, 3.05) is 38.7 Å². The minimum absolute atomic E-state index is 0.0399. The maximum atomic E-state index is 12.7. The molecule has 3 atom stereocenters. The number of piperidine rings is 1. The number of ether oxygens (including phenoxy) is 2. The molecule has 198 valence electrons. The topological polar surface area (TPSA) is 83.4 Å². The minimum atomic E-state index is -0.313. The summed E-state index contributed by atoms with van der Waals surface area (Å²) in [5, 5.41) is 13.5. The summed E-state index contributed by atoms with van der Waals surface area (Å²) >= 11 is 0. The molecule has 1 saturated heterocycles. The van der Waals surface area contributed by atoms with Crippen LogP contribution in [0.15, 0.2) is 41.4 Å². The largest absolute Gasteiger partial charge is 0.493 e. The van der Waals surface area contributed by atoms with E-state index in [-0.39, 0.29) is 24.0 Å². The average Bonchev–Trinajstić information content (AvgIpc) is 2.92. The Labute approximate surface area is 219 Å². The van der Waals surface area contributed by atoms with Gasteiger partial charge in [-0.25, -0.2) is 0 Å². The number of fused-ring (bicyclic) bond motifs is 3. The number of carbonyl (C=O) groups is 1. The Balaban J connectivity index is 1.41. The Morgan fingerprint density at radius 1 is 1.14 bits per heavy atom. The van der Waals surface area contributed by atoms with Crippen LogP contribution in [-0.4, -0.2) is 67.1 Å². The van der Waals surface area contributed by atoms with E-state index in [1.54, 1.807) is 7.11 Å². The SMILES string of the molecule is CCOc1cc2c(cc1OC)C(c1cccc(NC(=O)CCN3CCCCC3)c1)=NC1CCC(O)CC21. The molecule has 2 N–H and O–H groups in total. The second-order valence-corrected chi connectivity index (χ2v) is 10.4. The van der Waals surface area contributed by atoms with Gasteiger partial charge in [0.2, 0.25) is 5.91 Å². The third-order valence-corrected chi connectivity index (χ3v) is 7.89. The van der Waals surface area contributed by atoms with E-state index >= 15 is 0 Å². The molecule has 0 spiro atoms. The molecule has 3 unspecified atom stereocenters. The van der Waals surface area contributed by atoms with E-state index in [2.05, 4.69) is 16.3 Å². The van der Waals surface area contributed by atoms with Crippen LogP contribution in [0.3, 0.4) is 0 Å². The Kier molecular flexibility index (Phi) is 8.11. The number of aliphatic imine (C=N–C) groups is 1. The molecule has 7 nitrogen and oxygen atoms in total. The van der Waals surface area contributed by atoms with Crippen LogP contribution in [-0.2, 0) is 4.79 Å². The van der Waals surface area contributed by atoms with Gasteiger partial charge in [0, 0.05) is 35.7 Å². The summed E-state index contributed by atoms with van der Waals surface area (Å²) in [4.78, 5) is 20.3. The lowest BCUT2D eigenvalue weighted by molar-refractivity contribution is -0.116. The van der Waals surface area contributed by atoms with Crippen LogP contribution in [0.1, 0.15) is 74.5 Å². The van der Waals surface area contributed by atoms with Crippen LogP contribution >= 0.6 is 0 Å². The van der Waals surface area contributed by atoms with E-state index in [0.717, 1.165) is 66.3 Å². The molecule has 2 aromatic rings. The van der Waals surface area contributed by atoms with Gasteiger partial charge in [-0.2, -0.15) is 0 Å². The van der Waals surface area contributed by atoms with Gasteiger partial charge in [-0.1, -0.05) is 18.6 Å². The zero-order chi connectivity index (χ0) is 25.8. The molecule has 2 aliphatic heterocycles. The van der Waals surface area contributed by atoms with E-state index < -0.39 is 0 Å². The molecule has 37 heavy (non-hydrogen) atoms. The first-order chi connectivity index (χ1) is 18.1. The summed E-state index contributed by atoms with van der Waals surface area (Å²) in [7, 11) is 1.65. The van der Waals surface area contributed by atoms with Crippen molar-refractivity contribution >= 4 is 17.3 Å². The molecule has 3 aliphatic rings. The maximum absolute atomic E-state index is 12.7. The fraction of sp³-hybridized carbons (Fsp3) is 0.533. The molecule has 0 aromatic heterocycles. The molecular weight excluding hydrogens is 466 g/mol. The number of hydrogen-bond acceptors (Lipinski definition) is 6. The monoisotopic (exact) mass is 505 g/mol. The lowest BCUT2D eigenvalue weighted by Crippen LogP contribution is -2.34. The normalized spacial score (nSPS) is 23.4. The van der Waals surface area contributed by atoms with Crippen LogP contribution in [0, 0.1) is 0 Å². The first kappa shape index (κ1) is 25.7. The van der Waals surface area contributed by atoms with Gasteiger partial charge < -0.3 is 24.8 Å². The molecule has 1 amide bonds. The Hall–Kier alpha value is -2.90. The van der Waals surface area contributed by atoms with Gasteiger partial charge in [-0.15, -0.1) is 0 Å². The van der Waals surface area contributed by atoms with Gasteiger partial charge in [0.05, 0.1) is 31.6 Å². The van der Waals surface area contributed by atoms with E-state index in [9.17, 15) is 9.90 Å². The highest BCUT2D eigenvalue weighted by Crippen LogP contribution is 2.45. The number of likely N-dealkylation sites (tertiary alicyclic amines) is 1. The second kappa shape index (κ2) is 11.7. The highest BCUT2D eigenvalue weighted by atomic mass is 16.5. The molecule has 2 heterocycles.